The summed E-state index contributed by atoms with van der Waals surface area (Å²) in [6.07, 6.45) is 0.195. The van der Waals surface area contributed by atoms with E-state index in [2.05, 4.69) is 39.3 Å². The molecule has 2 N–H and O–H groups in total. The van der Waals surface area contributed by atoms with Gasteiger partial charge in [-0.3, -0.25) is 39.3 Å². The molecule has 4 fully saturated rings. The van der Waals surface area contributed by atoms with E-state index in [0.29, 0.717) is 43.9 Å². The van der Waals surface area contributed by atoms with Crippen LogP contribution in [-0.4, -0.2) is 118 Å². The highest BCUT2D eigenvalue weighted by atomic mass is 32.1. The minimum absolute atomic E-state index is 0.0110. The van der Waals surface area contributed by atoms with Crippen LogP contribution in [0.2, 0.25) is 0 Å². The number of ether oxygens (including phenoxy) is 1. The molecule has 14 nitrogen and oxygen atoms in total. The van der Waals surface area contributed by atoms with E-state index in [9.17, 15) is 37.6 Å². The van der Waals surface area contributed by atoms with Gasteiger partial charge in [-0.05, 0) is 95.9 Å². The summed E-state index contributed by atoms with van der Waals surface area (Å²) in [6.45, 7) is 11.6. The van der Waals surface area contributed by atoms with Gasteiger partial charge in [0.05, 0.1) is 47.5 Å². The van der Waals surface area contributed by atoms with Crippen LogP contribution in [-0.2, 0) is 25.3 Å². The van der Waals surface area contributed by atoms with E-state index in [-0.39, 0.29) is 59.8 Å². The molecule has 1 aromatic heterocycles. The van der Waals surface area contributed by atoms with E-state index in [0.717, 1.165) is 49.5 Å². The normalized spacial score (nSPS) is 24.8. The van der Waals surface area contributed by atoms with Crippen LogP contribution in [0.25, 0.3) is 0 Å². The van der Waals surface area contributed by atoms with Crippen molar-refractivity contribution in [2.45, 2.75) is 102 Å². The number of thiocarbonyl (C=S) groups is 1. The van der Waals surface area contributed by atoms with Crippen LogP contribution in [0.4, 0.5) is 35.2 Å². The van der Waals surface area contributed by atoms with E-state index >= 15 is 0 Å². The van der Waals surface area contributed by atoms with Crippen molar-refractivity contribution in [2.75, 3.05) is 54.4 Å². The Labute approximate surface area is 335 Å². The standard InChI is InChI=1S/C39H48F3N9O5S/c1-24-22-47(23-25(2)48(24)15-13-33(52)45-27-6-12-32(44-21-27)49-16-14-34(53)46-36(49)55)17-18-56-30-10-8-28(9-11-30)51-37(57)50(35(54)38(51,3)4)29-7-5-26(20-43)31(19-29)39(40,41)42/h5-7,12,19,21,24-25,28,30H,8-11,13-18,22-23H2,1-4H3,(H,45,52)(H,46,53,55)/t24-,25+,28?,30?. The van der Waals surface area contributed by atoms with Crippen LogP contribution < -0.4 is 20.4 Å². The zero-order chi connectivity index (χ0) is 41.2. The number of hydrogen-bond donors (Lipinski definition) is 2. The van der Waals surface area contributed by atoms with Gasteiger partial charge in [0.1, 0.15) is 11.4 Å². The molecule has 3 aliphatic heterocycles. The van der Waals surface area contributed by atoms with Gasteiger partial charge >= 0.3 is 12.2 Å². The molecule has 18 heteroatoms. The Morgan fingerprint density at radius 1 is 1.07 bits per heavy atom. The summed E-state index contributed by atoms with van der Waals surface area (Å²) in [7, 11) is 0. The lowest BCUT2D eigenvalue weighted by Gasteiger charge is -2.44. The zero-order valence-electron chi connectivity index (χ0n) is 32.5. The van der Waals surface area contributed by atoms with E-state index in [4.69, 9.17) is 17.0 Å². The minimum Gasteiger partial charge on any atom is -0.377 e. The van der Waals surface area contributed by atoms with Crippen molar-refractivity contribution in [3.05, 3.63) is 47.7 Å². The number of piperazine rings is 1. The number of rotatable bonds is 11. The first kappa shape index (κ1) is 41.9. The van der Waals surface area contributed by atoms with Gasteiger partial charge in [-0.2, -0.15) is 18.4 Å². The van der Waals surface area contributed by atoms with Gasteiger partial charge in [-0.25, -0.2) is 9.78 Å². The van der Waals surface area contributed by atoms with E-state index in [1.165, 1.54) is 17.2 Å². The number of imide groups is 1. The number of aromatic nitrogens is 1. The number of anilines is 3. The summed E-state index contributed by atoms with van der Waals surface area (Å²) in [5.74, 6) is -0.476. The monoisotopic (exact) mass is 811 g/mol. The number of nitrogens with one attached hydrogen (secondary N) is 2. The van der Waals surface area contributed by atoms with Crippen molar-refractivity contribution in [1.82, 2.24) is 25.0 Å². The summed E-state index contributed by atoms with van der Waals surface area (Å²) >= 11 is 5.74. The Morgan fingerprint density at radius 2 is 1.77 bits per heavy atom. The van der Waals surface area contributed by atoms with Crippen LogP contribution >= 0.6 is 12.2 Å². The fraction of sp³-hybridized carbons (Fsp3) is 0.564. The molecule has 1 saturated carbocycles. The number of halogens is 3. The third-order valence-corrected chi connectivity index (χ3v) is 11.7. The van der Waals surface area contributed by atoms with Gasteiger partial charge in [0, 0.05) is 63.7 Å². The average molecular weight is 812 g/mol. The van der Waals surface area contributed by atoms with Crippen molar-refractivity contribution in [2.24, 2.45) is 0 Å². The lowest BCUT2D eigenvalue weighted by Crippen LogP contribution is -2.57. The Kier molecular flexibility index (Phi) is 12.5. The fourth-order valence-corrected chi connectivity index (χ4v) is 8.98. The maximum atomic E-state index is 13.7. The molecule has 1 aliphatic carbocycles. The predicted octanol–water partition coefficient (Wildman–Crippen LogP) is 4.88. The molecule has 3 saturated heterocycles. The molecule has 306 valence electrons. The number of urea groups is 1. The number of nitriles is 1. The first-order valence-corrected chi connectivity index (χ1v) is 19.6. The van der Waals surface area contributed by atoms with Gasteiger partial charge in [-0.1, -0.05) is 0 Å². The van der Waals surface area contributed by atoms with Crippen LogP contribution in [0.3, 0.4) is 0 Å². The second kappa shape index (κ2) is 17.0. The highest BCUT2D eigenvalue weighted by Crippen LogP contribution is 2.40. The second-order valence-electron chi connectivity index (χ2n) is 15.6. The lowest BCUT2D eigenvalue weighted by atomic mass is 9.89. The van der Waals surface area contributed by atoms with Crippen LogP contribution in [0, 0.1) is 11.3 Å². The zero-order valence-corrected chi connectivity index (χ0v) is 33.3. The van der Waals surface area contributed by atoms with Crippen molar-refractivity contribution in [1.29, 1.82) is 5.26 Å². The van der Waals surface area contributed by atoms with Crippen LogP contribution in [0.15, 0.2) is 36.5 Å². The molecule has 57 heavy (non-hydrogen) atoms. The third kappa shape index (κ3) is 9.22. The number of carbonyl (C=O) groups excluding carboxylic acids is 4. The third-order valence-electron chi connectivity index (χ3n) is 11.3. The number of alkyl halides is 3. The van der Waals surface area contributed by atoms with Crippen molar-refractivity contribution in [3.8, 4) is 6.07 Å². The summed E-state index contributed by atoms with van der Waals surface area (Å²) in [6, 6.07) is 7.96. The van der Waals surface area contributed by atoms with Gasteiger partial charge in [-0.15, -0.1) is 0 Å². The minimum atomic E-state index is -4.76. The van der Waals surface area contributed by atoms with Crippen molar-refractivity contribution in [3.63, 3.8) is 0 Å². The molecule has 0 radical (unpaired) electrons. The molecular formula is C39H48F3N9O5S. The van der Waals surface area contributed by atoms with E-state index in [1.54, 1.807) is 32.0 Å². The van der Waals surface area contributed by atoms with E-state index < -0.39 is 34.8 Å². The summed E-state index contributed by atoms with van der Waals surface area (Å²) in [5.41, 5.74) is -2.18. The van der Waals surface area contributed by atoms with E-state index in [1.807, 2.05) is 4.90 Å². The molecule has 0 spiro atoms. The molecule has 0 bridgehead atoms. The molecule has 0 unspecified atom stereocenters. The molecule has 2 aromatic rings. The Hall–Kier alpha value is -4.70. The molecule has 4 aliphatic rings. The largest absolute Gasteiger partial charge is 0.417 e. The number of carbonyl (C=O) groups is 4. The Bertz CT molecular complexity index is 1900. The molecule has 5 amide bonds. The topological polar surface area (TPSA) is 154 Å². The molecule has 4 heterocycles. The highest BCUT2D eigenvalue weighted by Gasteiger charge is 2.52. The first-order valence-electron chi connectivity index (χ1n) is 19.2. The maximum absolute atomic E-state index is 13.7. The van der Waals surface area contributed by atoms with Gasteiger partial charge in [0.2, 0.25) is 11.8 Å². The quantitative estimate of drug-likeness (QED) is 0.299. The fourth-order valence-electron chi connectivity index (χ4n) is 8.42. The van der Waals surface area contributed by atoms with Gasteiger partial charge < -0.3 is 15.0 Å². The van der Waals surface area contributed by atoms with Gasteiger partial charge in [0.25, 0.3) is 5.91 Å². The lowest BCUT2D eigenvalue weighted by molar-refractivity contribution is -0.137. The number of pyridine rings is 1. The van der Waals surface area contributed by atoms with Crippen molar-refractivity contribution >= 4 is 58.3 Å². The Morgan fingerprint density at radius 3 is 2.39 bits per heavy atom. The highest BCUT2D eigenvalue weighted by molar-refractivity contribution is 7.80. The number of hydrogen-bond acceptors (Lipinski definition) is 10. The summed E-state index contributed by atoms with van der Waals surface area (Å²) < 4.78 is 47.5. The summed E-state index contributed by atoms with van der Waals surface area (Å²) in [5, 5.41) is 14.5. The number of nitrogens with zero attached hydrogens (tertiary/aromatic N) is 7. The van der Waals surface area contributed by atoms with Crippen LogP contribution in [0.5, 0.6) is 0 Å². The number of amides is 5. The molecule has 6 rings (SSSR count). The second-order valence-corrected chi connectivity index (χ2v) is 16.0. The molecule has 2 atom stereocenters. The number of benzene rings is 1. The SMILES string of the molecule is C[C@@H]1CN(CCOC2CCC(N3C(=S)N(c4ccc(C#N)c(C(F)(F)F)c4)C(=O)C3(C)C)CC2)C[C@H](C)N1CCC(=O)Nc1ccc(N2CCC(=O)NC2=O)nc1. The summed E-state index contributed by atoms with van der Waals surface area (Å²) in [4.78, 5) is 63.3. The maximum Gasteiger partial charge on any atom is 0.417 e. The van der Waals surface area contributed by atoms with Crippen molar-refractivity contribution < 1.29 is 37.1 Å². The average Bonchev–Trinajstić information content (AvgIpc) is 3.33. The molecule has 1 aromatic carbocycles. The van der Waals surface area contributed by atoms with Gasteiger partial charge in [0.15, 0.2) is 5.11 Å². The Balaban J connectivity index is 0.923. The predicted molar refractivity (Wildman–Crippen MR) is 209 cm³/mol. The van der Waals surface area contributed by atoms with Crippen LogP contribution in [0.1, 0.15) is 77.3 Å². The molecular weight excluding hydrogens is 764 g/mol. The first-order chi connectivity index (χ1) is 27.0. The smallest absolute Gasteiger partial charge is 0.377 e.